The van der Waals surface area contributed by atoms with E-state index in [9.17, 15) is 9.90 Å². The third kappa shape index (κ3) is 4.47. The zero-order valence-electron chi connectivity index (χ0n) is 13.5. The number of carbonyl (C=O) groups excluding carboxylic acids is 1. The van der Waals surface area contributed by atoms with E-state index in [0.29, 0.717) is 16.3 Å². The average molecular weight is 352 g/mol. The van der Waals surface area contributed by atoms with Crippen LogP contribution in [0.15, 0.2) is 78.9 Å². The van der Waals surface area contributed by atoms with Gasteiger partial charge in [-0.1, -0.05) is 72.3 Å². The van der Waals surface area contributed by atoms with Crippen LogP contribution in [0.4, 0.5) is 5.69 Å². The molecule has 0 aliphatic rings. The van der Waals surface area contributed by atoms with Crippen LogP contribution in [-0.2, 0) is 11.2 Å². The van der Waals surface area contributed by atoms with Gasteiger partial charge in [0.15, 0.2) is 0 Å². The van der Waals surface area contributed by atoms with Crippen molar-refractivity contribution in [3.63, 3.8) is 0 Å². The van der Waals surface area contributed by atoms with Crippen molar-refractivity contribution >= 4 is 23.2 Å². The van der Waals surface area contributed by atoms with Gasteiger partial charge in [0.25, 0.3) is 0 Å². The molecule has 0 bridgehead atoms. The van der Waals surface area contributed by atoms with Crippen LogP contribution in [0.1, 0.15) is 22.8 Å². The molecule has 2 N–H and O–H groups in total. The molecule has 0 aliphatic carbocycles. The summed E-state index contributed by atoms with van der Waals surface area (Å²) in [5, 5.41) is 14.1. The van der Waals surface area contributed by atoms with Crippen LogP contribution < -0.4 is 5.32 Å². The van der Waals surface area contributed by atoms with E-state index in [-0.39, 0.29) is 12.3 Å². The number of nitrogens with one attached hydrogen (secondary N) is 1. The monoisotopic (exact) mass is 351 g/mol. The predicted molar refractivity (Wildman–Crippen MR) is 101 cm³/mol. The number of aliphatic hydroxyl groups is 1. The number of anilines is 1. The molecular formula is C21H18ClNO2. The smallest absolute Gasteiger partial charge is 0.228 e. The molecule has 3 rings (SSSR count). The minimum Gasteiger partial charge on any atom is -0.384 e. The van der Waals surface area contributed by atoms with Crippen molar-refractivity contribution in [1.82, 2.24) is 0 Å². The number of aliphatic hydroxyl groups excluding tert-OH is 1. The van der Waals surface area contributed by atoms with Gasteiger partial charge in [0.2, 0.25) is 5.91 Å². The number of hydrogen-bond donors (Lipinski definition) is 2. The number of halogens is 1. The molecule has 25 heavy (non-hydrogen) atoms. The van der Waals surface area contributed by atoms with Crippen molar-refractivity contribution in [2.24, 2.45) is 0 Å². The van der Waals surface area contributed by atoms with Crippen molar-refractivity contribution in [1.29, 1.82) is 0 Å². The van der Waals surface area contributed by atoms with Crippen molar-refractivity contribution in [2.75, 3.05) is 5.32 Å². The van der Waals surface area contributed by atoms with E-state index >= 15 is 0 Å². The van der Waals surface area contributed by atoms with Gasteiger partial charge in [-0.15, -0.1) is 0 Å². The van der Waals surface area contributed by atoms with Crippen LogP contribution in [0.2, 0.25) is 5.02 Å². The lowest BCUT2D eigenvalue weighted by Gasteiger charge is -2.17. The number of carbonyl (C=O) groups is 1. The molecule has 0 fully saturated rings. The third-order valence-corrected chi connectivity index (χ3v) is 4.14. The fourth-order valence-corrected chi connectivity index (χ4v) is 2.84. The molecule has 0 aromatic heterocycles. The van der Waals surface area contributed by atoms with E-state index in [1.165, 1.54) is 0 Å². The van der Waals surface area contributed by atoms with Gasteiger partial charge in [0.05, 0.1) is 6.42 Å². The summed E-state index contributed by atoms with van der Waals surface area (Å²) in [7, 11) is 0. The minimum absolute atomic E-state index is 0.143. The number of rotatable bonds is 5. The normalized spacial score (nSPS) is 11.8. The minimum atomic E-state index is -0.869. The lowest BCUT2D eigenvalue weighted by molar-refractivity contribution is -0.115. The first-order chi connectivity index (χ1) is 12.1. The highest BCUT2D eigenvalue weighted by atomic mass is 35.5. The molecule has 0 saturated carbocycles. The molecule has 0 radical (unpaired) electrons. The van der Waals surface area contributed by atoms with Gasteiger partial charge in [-0.25, -0.2) is 0 Å². The van der Waals surface area contributed by atoms with E-state index in [2.05, 4.69) is 5.32 Å². The second-order valence-corrected chi connectivity index (χ2v) is 6.19. The summed E-state index contributed by atoms with van der Waals surface area (Å²) < 4.78 is 0. The quantitative estimate of drug-likeness (QED) is 0.705. The zero-order valence-corrected chi connectivity index (χ0v) is 14.3. The van der Waals surface area contributed by atoms with Crippen LogP contribution in [0.25, 0.3) is 0 Å². The second-order valence-electron chi connectivity index (χ2n) is 5.76. The van der Waals surface area contributed by atoms with E-state index in [1.807, 2.05) is 60.7 Å². The van der Waals surface area contributed by atoms with E-state index < -0.39 is 6.10 Å². The number of benzene rings is 3. The van der Waals surface area contributed by atoms with Gasteiger partial charge < -0.3 is 10.4 Å². The summed E-state index contributed by atoms with van der Waals surface area (Å²) in [5.41, 5.74) is 2.80. The molecular weight excluding hydrogens is 334 g/mol. The van der Waals surface area contributed by atoms with Gasteiger partial charge in [0, 0.05) is 16.3 Å². The summed E-state index contributed by atoms with van der Waals surface area (Å²) in [6.07, 6.45) is -0.600. The summed E-state index contributed by atoms with van der Waals surface area (Å²) in [5.74, 6) is -0.143. The maximum atomic E-state index is 12.4. The highest BCUT2D eigenvalue weighted by Crippen LogP contribution is 2.31. The summed E-state index contributed by atoms with van der Waals surface area (Å²) in [6.45, 7) is 0. The van der Waals surface area contributed by atoms with Gasteiger partial charge in [-0.3, -0.25) is 4.79 Å². The Hall–Kier alpha value is -2.62. The first-order valence-electron chi connectivity index (χ1n) is 8.00. The molecule has 3 aromatic carbocycles. The summed E-state index contributed by atoms with van der Waals surface area (Å²) in [4.78, 5) is 12.4. The highest BCUT2D eigenvalue weighted by Gasteiger charge is 2.16. The van der Waals surface area contributed by atoms with Gasteiger partial charge in [-0.2, -0.15) is 0 Å². The fourth-order valence-electron chi connectivity index (χ4n) is 2.66. The Kier molecular flexibility index (Phi) is 5.49. The van der Waals surface area contributed by atoms with Crippen LogP contribution >= 0.6 is 11.6 Å². The lowest BCUT2D eigenvalue weighted by Crippen LogP contribution is -2.16. The van der Waals surface area contributed by atoms with Crippen molar-refractivity contribution in [3.8, 4) is 0 Å². The topological polar surface area (TPSA) is 49.3 Å². The maximum Gasteiger partial charge on any atom is 0.228 e. The molecule has 0 spiro atoms. The zero-order chi connectivity index (χ0) is 17.6. The lowest BCUT2D eigenvalue weighted by atomic mass is 9.99. The Morgan fingerprint density at radius 2 is 1.60 bits per heavy atom. The Bertz CT molecular complexity index is 850. The Labute approximate surface area is 151 Å². The van der Waals surface area contributed by atoms with Gasteiger partial charge in [-0.05, 0) is 29.3 Å². The number of hydrogen-bond acceptors (Lipinski definition) is 2. The van der Waals surface area contributed by atoms with Crippen LogP contribution in [-0.4, -0.2) is 11.0 Å². The fraction of sp³-hybridized carbons (Fsp3) is 0.0952. The first kappa shape index (κ1) is 17.2. The molecule has 1 atom stereocenters. The maximum absolute atomic E-state index is 12.4. The highest BCUT2D eigenvalue weighted by molar-refractivity contribution is 6.30. The van der Waals surface area contributed by atoms with Gasteiger partial charge >= 0.3 is 0 Å². The molecule has 0 aliphatic heterocycles. The Morgan fingerprint density at radius 1 is 0.960 bits per heavy atom. The van der Waals surface area contributed by atoms with Crippen LogP contribution in [0.5, 0.6) is 0 Å². The average Bonchev–Trinajstić information content (AvgIpc) is 2.64. The molecule has 1 amide bonds. The van der Waals surface area contributed by atoms with E-state index in [4.69, 9.17) is 11.6 Å². The van der Waals surface area contributed by atoms with Crippen molar-refractivity contribution < 1.29 is 9.90 Å². The molecule has 0 heterocycles. The molecule has 3 aromatic rings. The SMILES string of the molecule is O=C(Cc1ccccc1)Nc1ccc(Cl)cc1C(O)c1ccccc1. The first-order valence-corrected chi connectivity index (χ1v) is 8.37. The van der Waals surface area contributed by atoms with Crippen LogP contribution in [0, 0.1) is 0 Å². The van der Waals surface area contributed by atoms with Crippen LogP contribution in [0.3, 0.4) is 0 Å². The molecule has 1 unspecified atom stereocenters. The summed E-state index contributed by atoms with van der Waals surface area (Å²) >= 11 is 6.09. The number of amides is 1. The van der Waals surface area contributed by atoms with E-state index in [0.717, 1.165) is 11.1 Å². The second kappa shape index (κ2) is 7.97. The molecule has 4 heteroatoms. The third-order valence-electron chi connectivity index (χ3n) is 3.91. The van der Waals surface area contributed by atoms with Crippen molar-refractivity contribution in [2.45, 2.75) is 12.5 Å². The molecule has 3 nitrogen and oxygen atoms in total. The summed E-state index contributed by atoms with van der Waals surface area (Å²) in [6, 6.07) is 23.9. The van der Waals surface area contributed by atoms with E-state index in [1.54, 1.807) is 18.2 Å². The largest absolute Gasteiger partial charge is 0.384 e. The van der Waals surface area contributed by atoms with Gasteiger partial charge in [0.1, 0.15) is 6.10 Å². The Balaban J connectivity index is 1.83. The molecule has 126 valence electrons. The Morgan fingerprint density at radius 3 is 2.28 bits per heavy atom. The van der Waals surface area contributed by atoms with Crippen molar-refractivity contribution in [3.05, 3.63) is 101 Å². The predicted octanol–water partition coefficient (Wildman–Crippen LogP) is 4.60. The molecule has 0 saturated heterocycles. The standard InChI is InChI=1S/C21H18ClNO2/c22-17-11-12-19(23-20(24)13-15-7-3-1-4-8-15)18(14-17)21(25)16-9-5-2-6-10-16/h1-12,14,21,25H,13H2,(H,23,24).